The van der Waals surface area contributed by atoms with Crippen LogP contribution in [0.15, 0.2) is 78.9 Å². The van der Waals surface area contributed by atoms with Crippen LogP contribution >= 0.6 is 0 Å². The van der Waals surface area contributed by atoms with Crippen LogP contribution in [0.25, 0.3) is 0 Å². The Morgan fingerprint density at radius 3 is 2.25 bits per heavy atom. The van der Waals surface area contributed by atoms with Crippen molar-refractivity contribution in [3.8, 4) is 11.5 Å². The lowest BCUT2D eigenvalue weighted by Crippen LogP contribution is -2.06. The van der Waals surface area contributed by atoms with Gasteiger partial charge in [0.2, 0.25) is 0 Å². The summed E-state index contributed by atoms with van der Waals surface area (Å²) >= 11 is 0. The van der Waals surface area contributed by atoms with Crippen molar-refractivity contribution in [1.82, 2.24) is 0 Å². The standard InChI is InChI=1S/C24H27NO3/c1-26-17-18-27-23-13-11-22(12-14-23)25-19-21-9-5-6-10-24(21)28-16-15-20-7-3-2-4-8-20/h2-14,25H,15-19H2,1H3. The van der Waals surface area contributed by atoms with Crippen LogP contribution in [-0.2, 0) is 17.7 Å². The van der Waals surface area contributed by atoms with Crippen LogP contribution in [0.3, 0.4) is 0 Å². The minimum absolute atomic E-state index is 0.553. The highest BCUT2D eigenvalue weighted by Crippen LogP contribution is 2.21. The number of anilines is 1. The fourth-order valence-electron chi connectivity index (χ4n) is 2.82. The molecule has 3 aromatic rings. The molecule has 4 nitrogen and oxygen atoms in total. The van der Waals surface area contributed by atoms with Crippen molar-refractivity contribution in [2.75, 3.05) is 32.2 Å². The van der Waals surface area contributed by atoms with Crippen LogP contribution < -0.4 is 14.8 Å². The molecule has 3 aromatic carbocycles. The van der Waals surface area contributed by atoms with Gasteiger partial charge < -0.3 is 19.5 Å². The van der Waals surface area contributed by atoms with Gasteiger partial charge in [0, 0.05) is 31.3 Å². The molecule has 0 unspecified atom stereocenters. The Labute approximate surface area is 167 Å². The van der Waals surface area contributed by atoms with Crippen LogP contribution in [0, 0.1) is 0 Å². The molecule has 0 aliphatic rings. The lowest BCUT2D eigenvalue weighted by Gasteiger charge is -2.13. The number of methoxy groups -OCH3 is 1. The van der Waals surface area contributed by atoms with Gasteiger partial charge in [-0.1, -0.05) is 48.5 Å². The third-order valence-electron chi connectivity index (χ3n) is 4.36. The maximum atomic E-state index is 6.03. The first kappa shape index (κ1) is 19.8. The minimum Gasteiger partial charge on any atom is -0.493 e. The summed E-state index contributed by atoms with van der Waals surface area (Å²) in [6.45, 7) is 2.50. The van der Waals surface area contributed by atoms with E-state index in [4.69, 9.17) is 14.2 Å². The van der Waals surface area contributed by atoms with Crippen molar-refractivity contribution in [1.29, 1.82) is 0 Å². The summed E-state index contributed by atoms with van der Waals surface area (Å²) in [5.74, 6) is 1.76. The smallest absolute Gasteiger partial charge is 0.124 e. The number of rotatable bonds is 11. The highest BCUT2D eigenvalue weighted by Gasteiger charge is 2.04. The maximum Gasteiger partial charge on any atom is 0.124 e. The molecule has 28 heavy (non-hydrogen) atoms. The highest BCUT2D eigenvalue weighted by molar-refractivity contribution is 5.48. The molecule has 0 heterocycles. The number of benzene rings is 3. The third kappa shape index (κ3) is 6.32. The molecule has 4 heteroatoms. The maximum absolute atomic E-state index is 6.03. The topological polar surface area (TPSA) is 39.7 Å². The normalized spacial score (nSPS) is 10.5. The van der Waals surface area contributed by atoms with Crippen LogP contribution in [-0.4, -0.2) is 26.9 Å². The molecule has 0 spiro atoms. The zero-order valence-electron chi connectivity index (χ0n) is 16.3. The molecule has 0 saturated heterocycles. The molecular weight excluding hydrogens is 350 g/mol. The molecule has 146 valence electrons. The molecule has 0 saturated carbocycles. The number of ether oxygens (including phenoxy) is 3. The second kappa shape index (κ2) is 11.0. The van der Waals surface area contributed by atoms with Gasteiger partial charge in [-0.2, -0.15) is 0 Å². The van der Waals surface area contributed by atoms with Crippen LogP contribution in [0.1, 0.15) is 11.1 Å². The number of nitrogens with one attached hydrogen (secondary N) is 1. The van der Waals surface area contributed by atoms with Gasteiger partial charge >= 0.3 is 0 Å². The van der Waals surface area contributed by atoms with Crippen LogP contribution in [0.5, 0.6) is 11.5 Å². The van der Waals surface area contributed by atoms with E-state index in [0.717, 1.165) is 29.2 Å². The fourth-order valence-corrected chi connectivity index (χ4v) is 2.82. The fraction of sp³-hybridized carbons (Fsp3) is 0.250. The van der Waals surface area contributed by atoms with E-state index in [-0.39, 0.29) is 0 Å². The first-order chi connectivity index (χ1) is 13.8. The van der Waals surface area contributed by atoms with E-state index >= 15 is 0 Å². The minimum atomic E-state index is 0.553. The molecule has 0 atom stereocenters. The summed E-state index contributed by atoms with van der Waals surface area (Å²) < 4.78 is 16.6. The Kier molecular flexibility index (Phi) is 7.77. The van der Waals surface area contributed by atoms with Crippen molar-refractivity contribution in [2.24, 2.45) is 0 Å². The monoisotopic (exact) mass is 377 g/mol. The summed E-state index contributed by atoms with van der Waals surface area (Å²) in [5, 5.41) is 3.44. The van der Waals surface area contributed by atoms with Crippen molar-refractivity contribution in [2.45, 2.75) is 13.0 Å². The predicted molar refractivity (Wildman–Crippen MR) is 113 cm³/mol. The van der Waals surface area contributed by atoms with Gasteiger partial charge in [-0.3, -0.25) is 0 Å². The molecule has 0 radical (unpaired) electrons. The summed E-state index contributed by atoms with van der Waals surface area (Å²) in [6, 6.07) is 26.5. The zero-order valence-corrected chi connectivity index (χ0v) is 16.3. The van der Waals surface area contributed by atoms with Gasteiger partial charge in [0.1, 0.15) is 18.1 Å². The van der Waals surface area contributed by atoms with Gasteiger partial charge in [0.05, 0.1) is 13.2 Å². The molecule has 0 amide bonds. The highest BCUT2D eigenvalue weighted by atomic mass is 16.5. The average molecular weight is 377 g/mol. The van der Waals surface area contributed by atoms with Crippen LogP contribution in [0.2, 0.25) is 0 Å². The third-order valence-corrected chi connectivity index (χ3v) is 4.36. The van der Waals surface area contributed by atoms with Gasteiger partial charge in [0.15, 0.2) is 0 Å². The van der Waals surface area contributed by atoms with Crippen LogP contribution in [0.4, 0.5) is 5.69 Å². The summed E-state index contributed by atoms with van der Waals surface area (Å²) in [4.78, 5) is 0. The largest absolute Gasteiger partial charge is 0.493 e. The van der Waals surface area contributed by atoms with Crippen molar-refractivity contribution < 1.29 is 14.2 Å². The van der Waals surface area contributed by atoms with Gasteiger partial charge in [0.25, 0.3) is 0 Å². The summed E-state index contributed by atoms with van der Waals surface area (Å²) in [7, 11) is 1.67. The first-order valence-corrected chi connectivity index (χ1v) is 9.55. The Hall–Kier alpha value is -2.98. The molecule has 0 bridgehead atoms. The van der Waals surface area contributed by atoms with Crippen molar-refractivity contribution >= 4 is 5.69 Å². The summed E-state index contributed by atoms with van der Waals surface area (Å²) in [5.41, 5.74) is 3.46. The predicted octanol–water partition coefficient (Wildman–Crippen LogP) is 4.95. The first-order valence-electron chi connectivity index (χ1n) is 9.55. The molecular formula is C24H27NO3. The lowest BCUT2D eigenvalue weighted by molar-refractivity contribution is 0.146. The molecule has 3 rings (SSSR count). The zero-order chi connectivity index (χ0) is 19.4. The molecule has 0 aliphatic heterocycles. The summed E-state index contributed by atoms with van der Waals surface area (Å²) in [6.07, 6.45) is 0.896. The number of hydrogen-bond donors (Lipinski definition) is 1. The van der Waals surface area contributed by atoms with Gasteiger partial charge in [-0.05, 0) is 35.9 Å². The van der Waals surface area contributed by atoms with E-state index in [0.29, 0.717) is 26.4 Å². The second-order valence-corrected chi connectivity index (χ2v) is 6.41. The quantitative estimate of drug-likeness (QED) is 0.480. The van der Waals surface area contributed by atoms with E-state index < -0.39 is 0 Å². The van der Waals surface area contributed by atoms with Crippen molar-refractivity contribution in [3.63, 3.8) is 0 Å². The van der Waals surface area contributed by atoms with E-state index in [1.807, 2.05) is 48.5 Å². The number of para-hydroxylation sites is 1. The van der Waals surface area contributed by atoms with Gasteiger partial charge in [-0.15, -0.1) is 0 Å². The van der Waals surface area contributed by atoms with E-state index in [1.165, 1.54) is 5.56 Å². The van der Waals surface area contributed by atoms with Crippen molar-refractivity contribution in [3.05, 3.63) is 90.0 Å². The van der Waals surface area contributed by atoms with E-state index in [2.05, 4.69) is 35.6 Å². The molecule has 0 aromatic heterocycles. The van der Waals surface area contributed by atoms with Gasteiger partial charge in [-0.25, -0.2) is 0 Å². The average Bonchev–Trinajstić information content (AvgIpc) is 2.75. The number of hydrogen-bond acceptors (Lipinski definition) is 4. The Morgan fingerprint density at radius 2 is 1.46 bits per heavy atom. The molecule has 1 N–H and O–H groups in total. The Morgan fingerprint density at radius 1 is 0.714 bits per heavy atom. The Bertz CT molecular complexity index is 819. The SMILES string of the molecule is COCCOc1ccc(NCc2ccccc2OCCc2ccccc2)cc1. The van der Waals surface area contributed by atoms with E-state index in [1.54, 1.807) is 7.11 Å². The molecule has 0 fully saturated rings. The lowest BCUT2D eigenvalue weighted by atomic mass is 10.1. The molecule has 0 aliphatic carbocycles. The van der Waals surface area contributed by atoms with E-state index in [9.17, 15) is 0 Å². The Balaban J connectivity index is 1.50. The second-order valence-electron chi connectivity index (χ2n) is 6.41.